The number of halogens is 2. The van der Waals surface area contributed by atoms with Crippen LogP contribution in [0.1, 0.15) is 47.7 Å². The summed E-state index contributed by atoms with van der Waals surface area (Å²) in [5.74, 6) is 1.29. The minimum atomic E-state index is 0.0143. The largest absolute Gasteiger partial charge is 0.392 e. The fourth-order valence-electron chi connectivity index (χ4n) is 3.59. The van der Waals surface area contributed by atoms with Crippen molar-refractivity contribution < 1.29 is 5.11 Å². The molecule has 1 aromatic carbocycles. The first-order chi connectivity index (χ1) is 13.4. The smallest absolute Gasteiger partial charge is 0.110 e. The third-order valence-corrected chi connectivity index (χ3v) is 5.34. The van der Waals surface area contributed by atoms with Crippen LogP contribution in [-0.2, 0) is 19.7 Å². The summed E-state index contributed by atoms with van der Waals surface area (Å²) in [5.41, 5.74) is 5.35. The molecule has 0 aliphatic heterocycles. The van der Waals surface area contributed by atoms with Gasteiger partial charge >= 0.3 is 0 Å². The van der Waals surface area contributed by atoms with E-state index in [9.17, 15) is 5.11 Å². The van der Waals surface area contributed by atoms with Crippen molar-refractivity contribution in [1.29, 1.82) is 0 Å². The van der Waals surface area contributed by atoms with Crippen LogP contribution in [0.25, 0.3) is 0 Å². The van der Waals surface area contributed by atoms with Gasteiger partial charge in [0.05, 0.1) is 6.61 Å². The topological polar surface area (TPSA) is 50.1 Å². The molecule has 0 bridgehead atoms. The van der Waals surface area contributed by atoms with Crippen LogP contribution in [0.5, 0.6) is 0 Å². The molecule has 2 N–H and O–H groups in total. The quantitative estimate of drug-likeness (QED) is 0.512. The number of nitrogens with zero attached hydrogens (tertiary/aromatic N) is 2. The highest BCUT2D eigenvalue weighted by atomic mass is 35.5. The number of anilines is 1. The second-order valence-electron chi connectivity index (χ2n) is 7.21. The summed E-state index contributed by atoms with van der Waals surface area (Å²) in [5, 5.41) is 14.8. The van der Waals surface area contributed by atoms with Gasteiger partial charge in [0.25, 0.3) is 0 Å². The van der Waals surface area contributed by atoms with E-state index in [1.54, 1.807) is 18.5 Å². The zero-order chi connectivity index (χ0) is 20.3. The number of aliphatic hydroxyl groups is 1. The molecule has 28 heavy (non-hydrogen) atoms. The van der Waals surface area contributed by atoms with Gasteiger partial charge in [0.1, 0.15) is 5.82 Å². The summed E-state index contributed by atoms with van der Waals surface area (Å²) in [6, 6.07) is 9.56. The van der Waals surface area contributed by atoms with Gasteiger partial charge in [-0.05, 0) is 54.3 Å². The molecular weight excluding hydrogens is 393 g/mol. The average Bonchev–Trinajstić information content (AvgIpc) is 2.91. The van der Waals surface area contributed by atoms with Gasteiger partial charge in [-0.3, -0.25) is 4.98 Å². The first-order valence-corrected chi connectivity index (χ1v) is 10.1. The van der Waals surface area contributed by atoms with Crippen LogP contribution in [0.3, 0.4) is 0 Å². The lowest BCUT2D eigenvalue weighted by atomic mass is 10.00. The number of nitrogens with one attached hydrogen (secondary N) is 1. The Morgan fingerprint density at radius 1 is 1.07 bits per heavy atom. The summed E-state index contributed by atoms with van der Waals surface area (Å²) in [4.78, 5) is 4.10. The summed E-state index contributed by atoms with van der Waals surface area (Å²) >= 11 is 12.3. The Balaban J connectivity index is 2.01. The van der Waals surface area contributed by atoms with Crippen LogP contribution >= 0.6 is 23.2 Å². The highest BCUT2D eigenvalue weighted by molar-refractivity contribution is 6.34. The number of hydrogen-bond acceptors (Lipinski definition) is 3. The van der Waals surface area contributed by atoms with E-state index >= 15 is 0 Å². The molecule has 148 valence electrons. The van der Waals surface area contributed by atoms with Gasteiger partial charge in [-0.15, -0.1) is 0 Å². The van der Waals surface area contributed by atoms with Gasteiger partial charge in [0, 0.05) is 52.3 Å². The van der Waals surface area contributed by atoms with Crippen LogP contribution in [-0.4, -0.2) is 14.7 Å². The molecule has 0 atom stereocenters. The molecule has 2 aromatic heterocycles. The van der Waals surface area contributed by atoms with E-state index in [2.05, 4.69) is 35.6 Å². The van der Waals surface area contributed by atoms with Gasteiger partial charge in [-0.25, -0.2) is 0 Å². The van der Waals surface area contributed by atoms with E-state index in [1.807, 2.05) is 24.3 Å². The third kappa shape index (κ3) is 4.52. The predicted octanol–water partition coefficient (Wildman–Crippen LogP) is 5.77. The molecule has 2 heterocycles. The van der Waals surface area contributed by atoms with Crippen LogP contribution in [0.4, 0.5) is 5.82 Å². The molecule has 3 rings (SSSR count). The van der Waals surface area contributed by atoms with Crippen molar-refractivity contribution in [1.82, 2.24) is 9.55 Å². The Labute approximate surface area is 176 Å². The second-order valence-corrected chi connectivity index (χ2v) is 8.08. The van der Waals surface area contributed by atoms with Gasteiger partial charge in [0.15, 0.2) is 0 Å². The molecule has 6 heteroatoms. The minimum absolute atomic E-state index is 0.0143. The van der Waals surface area contributed by atoms with Crippen LogP contribution in [0, 0.1) is 6.92 Å². The molecule has 0 unspecified atom stereocenters. The number of hydrogen-bond donors (Lipinski definition) is 2. The standard InChI is InChI=1S/C22H25Cl2N3O/c1-14(2)21-20(13-28)15(3)27(12-16-4-6-25-7-5-16)22(21)26-11-17-8-18(23)10-19(24)9-17/h4-10,14,26,28H,11-13H2,1-3H3. The summed E-state index contributed by atoms with van der Waals surface area (Å²) in [6.45, 7) is 7.65. The van der Waals surface area contributed by atoms with E-state index in [0.29, 0.717) is 23.1 Å². The zero-order valence-electron chi connectivity index (χ0n) is 16.3. The maximum absolute atomic E-state index is 10.0. The van der Waals surface area contributed by atoms with E-state index in [-0.39, 0.29) is 12.5 Å². The first-order valence-electron chi connectivity index (χ1n) is 9.31. The molecule has 0 saturated heterocycles. The highest BCUT2D eigenvalue weighted by Gasteiger charge is 2.22. The Bertz CT molecular complexity index is 932. The SMILES string of the molecule is Cc1c(CO)c(C(C)C)c(NCc2cc(Cl)cc(Cl)c2)n1Cc1ccncc1. The molecule has 4 nitrogen and oxygen atoms in total. The molecular formula is C22H25Cl2N3O. The monoisotopic (exact) mass is 417 g/mol. The van der Waals surface area contributed by atoms with Gasteiger partial charge in [-0.1, -0.05) is 37.0 Å². The maximum atomic E-state index is 10.0. The van der Waals surface area contributed by atoms with Crippen molar-refractivity contribution in [3.05, 3.63) is 80.7 Å². The lowest BCUT2D eigenvalue weighted by Gasteiger charge is -2.17. The van der Waals surface area contributed by atoms with E-state index in [0.717, 1.165) is 33.8 Å². The molecule has 3 aromatic rings. The van der Waals surface area contributed by atoms with Crippen molar-refractivity contribution >= 4 is 29.0 Å². The molecule has 0 aliphatic carbocycles. The van der Waals surface area contributed by atoms with Crippen molar-refractivity contribution in [3.8, 4) is 0 Å². The maximum Gasteiger partial charge on any atom is 0.110 e. The number of benzene rings is 1. The number of aromatic nitrogens is 2. The van der Waals surface area contributed by atoms with Crippen LogP contribution in [0.15, 0.2) is 42.7 Å². The molecule has 0 amide bonds. The molecule has 0 radical (unpaired) electrons. The Morgan fingerprint density at radius 3 is 2.29 bits per heavy atom. The number of pyridine rings is 1. The van der Waals surface area contributed by atoms with Crippen molar-refractivity contribution in [2.45, 2.75) is 46.4 Å². The molecule has 0 spiro atoms. The van der Waals surface area contributed by atoms with Gasteiger partial charge in [0.2, 0.25) is 0 Å². The second kappa shape index (κ2) is 8.99. The molecule has 0 aliphatic rings. The highest BCUT2D eigenvalue weighted by Crippen LogP contribution is 2.35. The minimum Gasteiger partial charge on any atom is -0.392 e. The normalized spacial score (nSPS) is 11.2. The van der Waals surface area contributed by atoms with Gasteiger partial charge in [-0.2, -0.15) is 0 Å². The third-order valence-electron chi connectivity index (χ3n) is 4.90. The van der Waals surface area contributed by atoms with E-state index in [4.69, 9.17) is 23.2 Å². The average molecular weight is 418 g/mol. The zero-order valence-corrected chi connectivity index (χ0v) is 17.8. The number of rotatable bonds is 7. The van der Waals surface area contributed by atoms with Gasteiger partial charge < -0.3 is 15.0 Å². The Hall–Kier alpha value is -2.01. The van der Waals surface area contributed by atoms with Crippen LogP contribution < -0.4 is 5.32 Å². The number of aliphatic hydroxyl groups excluding tert-OH is 1. The Kier molecular flexibility index (Phi) is 6.65. The lowest BCUT2D eigenvalue weighted by molar-refractivity contribution is 0.279. The van der Waals surface area contributed by atoms with E-state index in [1.165, 1.54) is 0 Å². The lowest BCUT2D eigenvalue weighted by Crippen LogP contribution is -2.10. The summed E-state index contributed by atoms with van der Waals surface area (Å²) < 4.78 is 2.22. The molecule has 0 saturated carbocycles. The predicted molar refractivity (Wildman–Crippen MR) is 116 cm³/mol. The molecule has 0 fully saturated rings. The Morgan fingerprint density at radius 2 is 1.71 bits per heavy atom. The fraction of sp³-hybridized carbons (Fsp3) is 0.318. The van der Waals surface area contributed by atoms with Crippen molar-refractivity contribution in [2.75, 3.05) is 5.32 Å². The summed E-state index contributed by atoms with van der Waals surface area (Å²) in [7, 11) is 0. The van der Waals surface area contributed by atoms with Crippen molar-refractivity contribution in [3.63, 3.8) is 0 Å². The summed E-state index contributed by atoms with van der Waals surface area (Å²) in [6.07, 6.45) is 3.59. The van der Waals surface area contributed by atoms with E-state index < -0.39 is 0 Å². The first kappa shape index (κ1) is 20.7. The fourth-order valence-corrected chi connectivity index (χ4v) is 4.16. The van der Waals surface area contributed by atoms with Crippen molar-refractivity contribution in [2.24, 2.45) is 0 Å². The van der Waals surface area contributed by atoms with Crippen LogP contribution in [0.2, 0.25) is 10.0 Å².